The Morgan fingerprint density at radius 1 is 1.16 bits per heavy atom. The normalized spacial score (nSPS) is 15.3. The van der Waals surface area contributed by atoms with Crippen molar-refractivity contribution in [1.82, 2.24) is 9.88 Å². The number of ketones is 1. The van der Waals surface area contributed by atoms with Gasteiger partial charge in [-0.1, -0.05) is 11.6 Å². The quantitative estimate of drug-likeness (QED) is 0.377. The molecular weight excluding hydrogens is 436 g/mol. The largest absolute Gasteiger partial charge is 0.494 e. The molecule has 1 aliphatic rings. The van der Waals surface area contributed by atoms with E-state index in [-0.39, 0.29) is 17.3 Å². The lowest BCUT2D eigenvalue weighted by Crippen LogP contribution is -2.37. The van der Waals surface area contributed by atoms with Crippen molar-refractivity contribution in [2.75, 3.05) is 26.2 Å². The van der Waals surface area contributed by atoms with E-state index >= 15 is 0 Å². The van der Waals surface area contributed by atoms with Gasteiger partial charge in [0, 0.05) is 17.5 Å². The van der Waals surface area contributed by atoms with Crippen LogP contribution in [-0.2, 0) is 0 Å². The van der Waals surface area contributed by atoms with Crippen molar-refractivity contribution < 1.29 is 19.4 Å². The Kier molecular flexibility index (Phi) is 6.85. The summed E-state index contributed by atoms with van der Waals surface area (Å²) in [5.41, 5.74) is 1.08. The second kappa shape index (κ2) is 9.77. The highest BCUT2D eigenvalue weighted by Crippen LogP contribution is 2.29. The number of rotatable bonds is 8. The number of Topliss-reactive ketones (excluding diaryl/α,β-unsaturated/α-hetero) is 1. The number of aromatic nitrogens is 1. The van der Waals surface area contributed by atoms with Crippen LogP contribution < -0.4 is 4.74 Å². The molecule has 3 aromatic rings. The summed E-state index contributed by atoms with van der Waals surface area (Å²) >= 11 is 7.46. The van der Waals surface area contributed by atoms with Crippen molar-refractivity contribution in [2.24, 2.45) is 5.92 Å². The number of aromatic carboxylic acids is 1. The first-order chi connectivity index (χ1) is 15.0. The van der Waals surface area contributed by atoms with Crippen molar-refractivity contribution >= 4 is 44.9 Å². The average molecular weight is 459 g/mol. The second-order valence-corrected chi connectivity index (χ2v) is 9.11. The third kappa shape index (κ3) is 5.42. The lowest BCUT2D eigenvalue weighted by molar-refractivity contribution is 0.0696. The molecule has 0 bridgehead atoms. The molecule has 6 nitrogen and oxygen atoms in total. The summed E-state index contributed by atoms with van der Waals surface area (Å²) in [5, 5.41) is 10.2. The topological polar surface area (TPSA) is 79.7 Å². The molecule has 8 heteroatoms. The third-order valence-corrected chi connectivity index (χ3v) is 6.78. The molecule has 0 spiro atoms. The molecule has 1 saturated heterocycles. The number of carboxylic acids is 1. The standard InChI is InChI=1S/C23H23ClN2O4S/c24-17-4-7-19-20(14-17)31-22(25-19)21(27)15-8-11-26(12-9-15)10-1-13-30-18-5-2-16(3-6-18)23(28)29/h2-7,14-15H,1,8-13H2,(H,28,29). The molecular formula is C23H23ClN2O4S. The van der Waals surface area contributed by atoms with Crippen LogP contribution in [0.3, 0.4) is 0 Å². The Bertz CT molecular complexity index is 1070. The monoisotopic (exact) mass is 458 g/mol. The van der Waals surface area contributed by atoms with Crippen molar-refractivity contribution in [2.45, 2.75) is 19.3 Å². The van der Waals surface area contributed by atoms with Crippen LogP contribution >= 0.6 is 22.9 Å². The zero-order valence-corrected chi connectivity index (χ0v) is 18.5. The van der Waals surface area contributed by atoms with Crippen LogP contribution in [0.2, 0.25) is 5.02 Å². The maximum Gasteiger partial charge on any atom is 0.335 e. The summed E-state index contributed by atoms with van der Waals surface area (Å²) in [6, 6.07) is 11.9. The van der Waals surface area contributed by atoms with Gasteiger partial charge < -0.3 is 14.7 Å². The van der Waals surface area contributed by atoms with Gasteiger partial charge in [0.1, 0.15) is 5.75 Å². The Balaban J connectivity index is 1.20. The Morgan fingerprint density at radius 2 is 1.90 bits per heavy atom. The Morgan fingerprint density at radius 3 is 2.61 bits per heavy atom. The first-order valence-electron chi connectivity index (χ1n) is 10.3. The molecule has 0 saturated carbocycles. The van der Waals surface area contributed by atoms with Crippen LogP contribution in [0, 0.1) is 5.92 Å². The maximum absolute atomic E-state index is 12.9. The lowest BCUT2D eigenvalue weighted by atomic mass is 9.92. The summed E-state index contributed by atoms with van der Waals surface area (Å²) in [6.45, 7) is 3.26. The van der Waals surface area contributed by atoms with Gasteiger partial charge in [-0.05, 0) is 74.8 Å². The molecule has 0 aliphatic carbocycles. The molecule has 1 N–H and O–H groups in total. The number of thiazole rings is 1. The van der Waals surface area contributed by atoms with Crippen molar-refractivity contribution in [3.63, 3.8) is 0 Å². The molecule has 4 rings (SSSR count). The average Bonchev–Trinajstić information content (AvgIpc) is 3.20. The number of ether oxygens (including phenoxy) is 1. The van der Waals surface area contributed by atoms with Gasteiger partial charge >= 0.3 is 5.97 Å². The number of piperidine rings is 1. The molecule has 1 aromatic heterocycles. The number of hydrogen-bond donors (Lipinski definition) is 1. The number of carbonyl (C=O) groups excluding carboxylic acids is 1. The van der Waals surface area contributed by atoms with Crippen LogP contribution in [0.25, 0.3) is 10.2 Å². The minimum Gasteiger partial charge on any atom is -0.494 e. The molecule has 0 unspecified atom stereocenters. The van der Waals surface area contributed by atoms with Gasteiger partial charge in [0.2, 0.25) is 0 Å². The molecule has 0 radical (unpaired) electrons. The highest BCUT2D eigenvalue weighted by molar-refractivity contribution is 7.20. The summed E-state index contributed by atoms with van der Waals surface area (Å²) in [6.07, 6.45) is 2.55. The number of likely N-dealkylation sites (tertiary alicyclic amines) is 1. The first-order valence-corrected chi connectivity index (χ1v) is 11.5. The van der Waals surface area contributed by atoms with Crippen molar-refractivity contribution in [1.29, 1.82) is 0 Å². The van der Waals surface area contributed by atoms with Gasteiger partial charge in [-0.3, -0.25) is 4.79 Å². The van der Waals surface area contributed by atoms with Crippen LogP contribution in [-0.4, -0.2) is 53.0 Å². The summed E-state index contributed by atoms with van der Waals surface area (Å²) in [4.78, 5) is 30.6. The van der Waals surface area contributed by atoms with E-state index in [1.165, 1.54) is 11.3 Å². The van der Waals surface area contributed by atoms with Crippen LogP contribution in [0.4, 0.5) is 0 Å². The number of carboxylic acid groups (broad SMARTS) is 1. The number of benzene rings is 2. The second-order valence-electron chi connectivity index (χ2n) is 7.64. The smallest absolute Gasteiger partial charge is 0.335 e. The van der Waals surface area contributed by atoms with E-state index in [4.69, 9.17) is 21.4 Å². The van der Waals surface area contributed by atoms with E-state index in [0.717, 1.165) is 49.1 Å². The minimum atomic E-state index is -0.944. The Hall–Kier alpha value is -2.48. The van der Waals surface area contributed by atoms with Gasteiger partial charge in [-0.25, -0.2) is 9.78 Å². The van der Waals surface area contributed by atoms with Gasteiger partial charge in [-0.15, -0.1) is 11.3 Å². The van der Waals surface area contributed by atoms with E-state index in [1.807, 2.05) is 12.1 Å². The molecule has 1 aliphatic heterocycles. The van der Waals surface area contributed by atoms with E-state index in [0.29, 0.717) is 22.4 Å². The van der Waals surface area contributed by atoms with Gasteiger partial charge in [0.25, 0.3) is 0 Å². The fourth-order valence-electron chi connectivity index (χ4n) is 3.77. The summed E-state index contributed by atoms with van der Waals surface area (Å²) < 4.78 is 6.65. The van der Waals surface area contributed by atoms with Crippen LogP contribution in [0.1, 0.15) is 39.4 Å². The van der Waals surface area contributed by atoms with Crippen molar-refractivity contribution in [3.05, 3.63) is 58.1 Å². The highest BCUT2D eigenvalue weighted by atomic mass is 35.5. The SMILES string of the molecule is O=C(O)c1ccc(OCCCN2CCC(C(=O)c3nc4ccc(Cl)cc4s3)CC2)cc1. The molecule has 2 heterocycles. The van der Waals surface area contributed by atoms with Crippen molar-refractivity contribution in [3.8, 4) is 5.75 Å². The minimum absolute atomic E-state index is 0.0243. The molecule has 31 heavy (non-hydrogen) atoms. The third-order valence-electron chi connectivity index (χ3n) is 5.51. The van der Waals surface area contributed by atoms with E-state index < -0.39 is 5.97 Å². The number of nitrogens with zero attached hydrogens (tertiary/aromatic N) is 2. The zero-order valence-electron chi connectivity index (χ0n) is 16.9. The summed E-state index contributed by atoms with van der Waals surface area (Å²) in [5.74, 6) is -0.103. The van der Waals surface area contributed by atoms with Crippen LogP contribution in [0.15, 0.2) is 42.5 Å². The van der Waals surface area contributed by atoms with E-state index in [9.17, 15) is 9.59 Å². The number of fused-ring (bicyclic) bond motifs is 1. The number of halogens is 1. The molecule has 0 amide bonds. The van der Waals surface area contributed by atoms with E-state index in [2.05, 4.69) is 9.88 Å². The van der Waals surface area contributed by atoms with Crippen LogP contribution in [0.5, 0.6) is 5.75 Å². The lowest BCUT2D eigenvalue weighted by Gasteiger charge is -2.30. The Labute approximate surface area is 189 Å². The van der Waals surface area contributed by atoms with E-state index in [1.54, 1.807) is 30.3 Å². The predicted octanol–water partition coefficient (Wildman–Crippen LogP) is 5.01. The number of carbonyl (C=O) groups is 2. The zero-order chi connectivity index (χ0) is 21.8. The molecule has 162 valence electrons. The number of hydrogen-bond acceptors (Lipinski definition) is 6. The summed E-state index contributed by atoms with van der Waals surface area (Å²) in [7, 11) is 0. The fraction of sp³-hybridized carbons (Fsp3) is 0.348. The fourth-order valence-corrected chi connectivity index (χ4v) is 5.03. The van der Waals surface area contributed by atoms with Gasteiger partial charge in [0.05, 0.1) is 22.4 Å². The maximum atomic E-state index is 12.9. The van der Waals surface area contributed by atoms with Gasteiger partial charge in [-0.2, -0.15) is 0 Å². The highest BCUT2D eigenvalue weighted by Gasteiger charge is 2.27. The molecule has 1 fully saturated rings. The predicted molar refractivity (Wildman–Crippen MR) is 122 cm³/mol. The molecule has 2 aromatic carbocycles. The molecule has 0 atom stereocenters. The van der Waals surface area contributed by atoms with Gasteiger partial charge in [0.15, 0.2) is 10.8 Å². The first kappa shape index (κ1) is 21.7.